The highest BCUT2D eigenvalue weighted by molar-refractivity contribution is 8.00. The Labute approximate surface area is 729 Å². The average molecular weight is 1780 g/mol. The Bertz CT molecular complexity index is 4270. The first-order valence-corrected chi connectivity index (χ1v) is 45.8. The maximum atomic E-state index is 11.9. The van der Waals surface area contributed by atoms with Gasteiger partial charge in [-0.3, -0.25) is 19.2 Å². The monoisotopic (exact) mass is 1780 g/mol. The number of rotatable bonds is 43. The smallest absolute Gasteiger partial charge is 0.329 e. The van der Waals surface area contributed by atoms with Crippen LogP contribution in [0.1, 0.15) is 53.2 Å². The second-order valence-electron chi connectivity index (χ2n) is 23.2. The van der Waals surface area contributed by atoms with Crippen LogP contribution in [0.3, 0.4) is 0 Å². The molecule has 0 saturated carbocycles. The van der Waals surface area contributed by atoms with Gasteiger partial charge in [-0.2, -0.15) is 0 Å². The predicted octanol–water partition coefficient (Wildman–Crippen LogP) is 9.54. The Kier molecular flexibility index (Phi) is 62.1. The van der Waals surface area contributed by atoms with Crippen LogP contribution in [0.5, 0.6) is 23.0 Å². The largest absolute Gasteiger partial charge is 0.465 e. The molecule has 1 heterocycles. The third-order valence-electron chi connectivity index (χ3n) is 13.6. The summed E-state index contributed by atoms with van der Waals surface area (Å²) in [7, 11) is 3.20. The zero-order valence-corrected chi connectivity index (χ0v) is 72.6. The lowest BCUT2D eigenvalue weighted by Gasteiger charge is -2.12. The Morgan fingerprint density at radius 1 is 0.402 bits per heavy atom. The van der Waals surface area contributed by atoms with Crippen molar-refractivity contribution in [1.82, 2.24) is 0 Å². The van der Waals surface area contributed by atoms with E-state index in [1.54, 1.807) is 106 Å². The van der Waals surface area contributed by atoms with Gasteiger partial charge < -0.3 is 78.4 Å². The molecule has 1 aromatic heterocycles. The Balaban J connectivity index is 0.000000710. The molecule has 0 radical (unpaired) electrons. The van der Waals surface area contributed by atoms with Crippen LogP contribution in [0.4, 0.5) is 0 Å². The third-order valence-corrected chi connectivity index (χ3v) is 23.3. The summed E-state index contributed by atoms with van der Waals surface area (Å²) in [6, 6.07) is 33.4. The quantitative estimate of drug-likeness (QED) is 0.00258. The molecular weight excluding hydrogens is 1680 g/mol. The Morgan fingerprint density at radius 2 is 0.692 bits per heavy atom. The van der Waals surface area contributed by atoms with E-state index >= 15 is 0 Å². The molecule has 0 amide bonds. The number of terminal acetylenes is 7. The summed E-state index contributed by atoms with van der Waals surface area (Å²) in [5.41, 5.74) is 43.8. The van der Waals surface area contributed by atoms with Crippen LogP contribution in [0.25, 0.3) is 10.4 Å². The fourth-order valence-corrected chi connectivity index (χ4v) is 14.5. The second kappa shape index (κ2) is 68.3. The molecule has 117 heavy (non-hydrogen) atoms. The molecule has 33 heteroatoms. The van der Waals surface area contributed by atoms with Gasteiger partial charge in [0.05, 0.1) is 53.5 Å². The fourth-order valence-electron chi connectivity index (χ4n) is 7.68. The highest BCUT2D eigenvalue weighted by Gasteiger charge is 2.22. The van der Waals surface area contributed by atoms with Gasteiger partial charge in [0, 0.05) is 50.7 Å². The van der Waals surface area contributed by atoms with E-state index in [-0.39, 0.29) is 25.8 Å². The van der Waals surface area contributed by atoms with Crippen LogP contribution in [-0.2, 0) is 67.6 Å². The molecule has 0 saturated heterocycles. The number of hydrogen-bond acceptors (Lipinski definition) is 33. The van der Waals surface area contributed by atoms with Crippen LogP contribution in [0, 0.1) is 90.2 Å². The normalized spacial score (nSPS) is 11.7. The molecule has 15 N–H and O–H groups in total. The molecule has 7 atom stereocenters. The summed E-state index contributed by atoms with van der Waals surface area (Å²) in [5, 5.41) is 8.87. The molecule has 0 aliphatic rings. The molecule has 7 unspecified atom stereocenters. The molecule has 6 rings (SSSR count). The van der Waals surface area contributed by atoms with E-state index in [9.17, 15) is 38.4 Å². The number of unbranched alkanes of at least 4 members (excludes halogenated alkanes) is 2. The molecule has 0 fully saturated rings. The molecule has 0 spiro atoms. The van der Waals surface area contributed by atoms with Crippen molar-refractivity contribution in [3.8, 4) is 120 Å². The number of carbonyl (C=O) groups is 8. The first-order chi connectivity index (χ1) is 56.4. The van der Waals surface area contributed by atoms with Crippen LogP contribution < -0.4 is 59.1 Å². The van der Waals surface area contributed by atoms with Crippen molar-refractivity contribution in [2.24, 2.45) is 40.1 Å². The van der Waals surface area contributed by atoms with Gasteiger partial charge in [-0.25, -0.2) is 19.2 Å². The van der Waals surface area contributed by atoms with E-state index in [0.29, 0.717) is 122 Å². The number of aldehydes is 1. The number of hydrogen-bond donors (Lipinski definition) is 8. The number of thioether (sulfide) groups is 7. The van der Waals surface area contributed by atoms with Gasteiger partial charge in [0.25, 0.3) is 0 Å². The molecular formula is C84H97N7O16S10. The van der Waals surface area contributed by atoms with Crippen LogP contribution >= 0.6 is 115 Å². The first-order valence-electron chi connectivity index (χ1n) is 35.2. The van der Waals surface area contributed by atoms with Crippen molar-refractivity contribution < 1.29 is 76.6 Å². The molecule has 0 bridgehead atoms. The van der Waals surface area contributed by atoms with Crippen LogP contribution in [-0.4, -0.2) is 183 Å². The van der Waals surface area contributed by atoms with Crippen LogP contribution in [0.15, 0.2) is 133 Å². The summed E-state index contributed by atoms with van der Waals surface area (Å²) < 4.78 is 36.7. The summed E-state index contributed by atoms with van der Waals surface area (Å²) in [4.78, 5) is 93.0. The molecule has 5 aromatic carbocycles. The van der Waals surface area contributed by atoms with Crippen molar-refractivity contribution in [3.05, 3.63) is 160 Å². The van der Waals surface area contributed by atoms with E-state index < -0.39 is 78.1 Å². The number of nitrogens with two attached hydrogens (primary N) is 7. The van der Waals surface area contributed by atoms with Gasteiger partial charge in [-0.15, -0.1) is 127 Å². The van der Waals surface area contributed by atoms with E-state index in [2.05, 4.69) is 48.4 Å². The summed E-state index contributed by atoms with van der Waals surface area (Å²) in [6.07, 6.45) is 39.6. The molecule has 624 valence electrons. The number of aliphatic hydroxyl groups is 1. The highest BCUT2D eigenvalue weighted by Crippen LogP contribution is 2.31. The summed E-state index contributed by atoms with van der Waals surface area (Å²) >= 11 is 15.1. The van der Waals surface area contributed by atoms with Gasteiger partial charge in [0.2, 0.25) is 0 Å². The predicted molar refractivity (Wildman–Crippen MR) is 487 cm³/mol. The van der Waals surface area contributed by atoms with E-state index in [0.717, 1.165) is 50.2 Å². The minimum absolute atomic E-state index is 0.0452. The van der Waals surface area contributed by atoms with Gasteiger partial charge >= 0.3 is 41.8 Å². The average Bonchev–Trinajstić information content (AvgIpc) is 1.73. The number of ether oxygens (including phenoxy) is 7. The Morgan fingerprint density at radius 3 is 0.983 bits per heavy atom. The van der Waals surface area contributed by atoms with Gasteiger partial charge in [-0.05, 0) is 108 Å². The van der Waals surface area contributed by atoms with Gasteiger partial charge in [-0.1, -0.05) is 149 Å². The molecule has 0 aliphatic heterocycles. The molecule has 23 nitrogen and oxygen atoms in total. The van der Waals surface area contributed by atoms with E-state index in [1.165, 1.54) is 82.3 Å². The maximum Gasteiger partial charge on any atom is 0.329 e. The lowest BCUT2D eigenvalue weighted by atomic mass is 10.2. The van der Waals surface area contributed by atoms with Crippen molar-refractivity contribution in [2.75, 3.05) is 87.1 Å². The standard InChI is InChI=1S/C19H22N2O4S2.C15H13NO2S4.C13H15NO3S.C13H13NO3S.C13H15NO2S.C11H19NO2S/c1-3-9-26-12-16(20)18(22)24-11-14-5-7-15(8-6-14)25-19(23)17(21)13-27-10-4-2;1-2-7-20-9-12(16)15(17)18-11-5-3-10(4-6-11)13-8-14(19)22-21-13;2*1-2-7-18-9-12(14)13(16)17-11-5-3-10(8-15)4-6-11;1-2-8-17-10-12(14)13(15)16-9-11-6-4-3-5-7-11;1-3-5-6-7-14-11(13)10(12)9-15-8-4-2/h1-2,5-8,16-17H,9-13,20-21H2;1,3-6,8,12H,7,9,16H2;1,3-6,12,15H,7-9,14H2;1,3-6,8,12H,7,9,14H2;1,3-7,12H,8-10,14H2;2,10H,3,5-9,12H2,1H3. The minimum atomic E-state index is -0.752. The Hall–Kier alpha value is -8.62. The number of benzene rings is 5. The van der Waals surface area contributed by atoms with Crippen LogP contribution in [0.2, 0.25) is 0 Å². The zero-order valence-electron chi connectivity index (χ0n) is 64.4. The third kappa shape index (κ3) is 52.0. The summed E-state index contributed by atoms with van der Waals surface area (Å²) in [5.74, 6) is 22.4. The maximum absolute atomic E-state index is 11.9. The first kappa shape index (κ1) is 106. The van der Waals surface area contributed by atoms with Crippen molar-refractivity contribution in [3.63, 3.8) is 0 Å². The molecule has 0 aliphatic carbocycles. The van der Waals surface area contributed by atoms with Crippen molar-refractivity contribution in [2.45, 2.75) is 88.3 Å². The fraction of sp³-hybridized carbons (Fsp3) is 0.345. The highest BCUT2D eigenvalue weighted by atomic mass is 32.9. The topological polar surface area (TPSA) is 404 Å². The lowest BCUT2D eigenvalue weighted by molar-refractivity contribution is -0.146. The van der Waals surface area contributed by atoms with Gasteiger partial charge in [0.1, 0.15) is 88.6 Å². The lowest BCUT2D eigenvalue weighted by Crippen LogP contribution is -2.36. The molecule has 6 aromatic rings. The number of aliphatic hydroxyl groups excluding tert-OH is 1. The summed E-state index contributed by atoms with van der Waals surface area (Å²) in [6.45, 7) is 2.86. The van der Waals surface area contributed by atoms with E-state index in [1.807, 2.05) is 48.5 Å². The number of esters is 7. The SMILES string of the molecule is C#CCSCC(N)C(=O)OCCCCC.C#CCSCC(N)C(=O)OCc1ccc(OC(=O)C(N)CSCC#C)cc1.C#CCSCC(N)C(=O)OCc1ccccc1.C#CCSCC(N)C(=O)Oc1ccc(-c2cc(=S)ss2)cc1.C#CCSCC(N)C(=O)Oc1ccc(C=O)cc1.C#CCSCC(N)C(=O)Oc1ccc(CO)cc1. The number of carbonyl (C=O) groups excluding carboxylic acids is 8. The van der Waals surface area contributed by atoms with Crippen molar-refractivity contribution in [1.29, 1.82) is 0 Å². The van der Waals surface area contributed by atoms with Gasteiger partial charge in [0.15, 0.2) is 0 Å². The second-order valence-corrected chi connectivity index (χ2v) is 33.3. The minimum Gasteiger partial charge on any atom is -0.465 e. The zero-order chi connectivity index (χ0) is 86.8. The van der Waals surface area contributed by atoms with Crippen molar-refractivity contribution >= 4 is 163 Å². The van der Waals surface area contributed by atoms with E-state index in [4.69, 9.17) is 136 Å².